The van der Waals surface area contributed by atoms with Crippen LogP contribution in [0.15, 0.2) is 23.3 Å². The SMILES string of the molecule is CC1=C[C@@H](C)C(C)=C1. The lowest BCUT2D eigenvalue weighted by Gasteiger charge is -1.96. The van der Waals surface area contributed by atoms with Crippen LogP contribution in [0.1, 0.15) is 20.8 Å². The molecule has 0 bridgehead atoms. The molecule has 0 saturated carbocycles. The maximum absolute atomic E-state index is 2.29. The number of hydrogen-bond donors (Lipinski definition) is 0. The van der Waals surface area contributed by atoms with Crippen molar-refractivity contribution in [1.82, 2.24) is 0 Å². The van der Waals surface area contributed by atoms with E-state index in [0.29, 0.717) is 5.92 Å². The Bertz CT molecular complexity index is 149. The first-order valence-corrected chi connectivity index (χ1v) is 3.07. The highest BCUT2D eigenvalue weighted by atomic mass is 14.1. The van der Waals surface area contributed by atoms with Crippen molar-refractivity contribution in [2.75, 3.05) is 0 Å². The summed E-state index contributed by atoms with van der Waals surface area (Å²) in [5.74, 6) is 0.690. The minimum Gasteiger partial charge on any atom is -0.0747 e. The van der Waals surface area contributed by atoms with Gasteiger partial charge < -0.3 is 0 Å². The van der Waals surface area contributed by atoms with Crippen LogP contribution in [-0.4, -0.2) is 0 Å². The average molecular weight is 108 g/mol. The third-order valence-corrected chi connectivity index (χ3v) is 1.69. The molecule has 0 aromatic rings. The van der Waals surface area contributed by atoms with E-state index in [1.54, 1.807) is 0 Å². The quantitative estimate of drug-likeness (QED) is 0.447. The predicted molar refractivity (Wildman–Crippen MR) is 36.7 cm³/mol. The van der Waals surface area contributed by atoms with Gasteiger partial charge in [0.1, 0.15) is 0 Å². The molecule has 0 aliphatic heterocycles. The molecule has 0 aromatic carbocycles. The standard InChI is InChI=1S/C8H12/c1-6-4-7(2)8(3)5-6/h4-5,7H,1-3H3/t7-/m1/s1. The van der Waals surface area contributed by atoms with Gasteiger partial charge in [-0.15, -0.1) is 0 Å². The third-order valence-electron chi connectivity index (χ3n) is 1.69. The van der Waals surface area contributed by atoms with Gasteiger partial charge in [0.25, 0.3) is 0 Å². The molecule has 1 atom stereocenters. The van der Waals surface area contributed by atoms with E-state index < -0.39 is 0 Å². The fraction of sp³-hybridized carbons (Fsp3) is 0.500. The summed E-state index contributed by atoms with van der Waals surface area (Å²) in [4.78, 5) is 0. The van der Waals surface area contributed by atoms with Gasteiger partial charge in [0.2, 0.25) is 0 Å². The summed E-state index contributed by atoms with van der Waals surface area (Å²) in [6.07, 6.45) is 4.53. The Labute approximate surface area is 50.9 Å². The third kappa shape index (κ3) is 0.835. The number of rotatable bonds is 0. The zero-order valence-electron chi connectivity index (χ0n) is 5.73. The van der Waals surface area contributed by atoms with Gasteiger partial charge in [-0.25, -0.2) is 0 Å². The molecule has 8 heavy (non-hydrogen) atoms. The van der Waals surface area contributed by atoms with E-state index in [9.17, 15) is 0 Å². The highest BCUT2D eigenvalue weighted by Gasteiger charge is 2.05. The van der Waals surface area contributed by atoms with E-state index in [4.69, 9.17) is 0 Å². The number of hydrogen-bond acceptors (Lipinski definition) is 0. The van der Waals surface area contributed by atoms with Gasteiger partial charge in [0, 0.05) is 0 Å². The summed E-state index contributed by atoms with van der Waals surface area (Å²) < 4.78 is 0. The van der Waals surface area contributed by atoms with Crippen LogP contribution in [-0.2, 0) is 0 Å². The van der Waals surface area contributed by atoms with E-state index in [2.05, 4.69) is 32.9 Å². The summed E-state index contributed by atoms with van der Waals surface area (Å²) in [6.45, 7) is 6.55. The maximum atomic E-state index is 2.29. The Morgan fingerprint density at radius 2 is 2.00 bits per heavy atom. The van der Waals surface area contributed by atoms with Crippen LogP contribution in [0.2, 0.25) is 0 Å². The summed E-state index contributed by atoms with van der Waals surface area (Å²) in [7, 11) is 0. The van der Waals surface area contributed by atoms with Crippen LogP contribution in [0.4, 0.5) is 0 Å². The summed E-state index contributed by atoms with van der Waals surface area (Å²) in [6, 6.07) is 0. The highest BCUT2D eigenvalue weighted by Crippen LogP contribution is 2.21. The van der Waals surface area contributed by atoms with Crippen LogP contribution >= 0.6 is 0 Å². The van der Waals surface area contributed by atoms with Crippen molar-refractivity contribution in [3.8, 4) is 0 Å². The molecular weight excluding hydrogens is 96.1 g/mol. The second-order valence-electron chi connectivity index (χ2n) is 2.59. The van der Waals surface area contributed by atoms with Crippen molar-refractivity contribution in [1.29, 1.82) is 0 Å². The summed E-state index contributed by atoms with van der Waals surface area (Å²) in [5.41, 5.74) is 2.90. The lowest BCUT2D eigenvalue weighted by molar-refractivity contribution is 0.880. The van der Waals surface area contributed by atoms with Gasteiger partial charge in [-0.1, -0.05) is 30.2 Å². The average Bonchev–Trinajstić information content (AvgIpc) is 1.85. The molecule has 0 amide bonds. The Balaban J connectivity index is 2.78. The highest BCUT2D eigenvalue weighted by molar-refractivity contribution is 5.32. The van der Waals surface area contributed by atoms with Crippen molar-refractivity contribution < 1.29 is 0 Å². The van der Waals surface area contributed by atoms with Gasteiger partial charge in [-0.3, -0.25) is 0 Å². The largest absolute Gasteiger partial charge is 0.0747 e. The zero-order valence-corrected chi connectivity index (χ0v) is 5.73. The van der Waals surface area contributed by atoms with Crippen molar-refractivity contribution in [3.05, 3.63) is 23.3 Å². The van der Waals surface area contributed by atoms with Gasteiger partial charge in [-0.2, -0.15) is 0 Å². The first-order valence-electron chi connectivity index (χ1n) is 3.07. The van der Waals surface area contributed by atoms with Gasteiger partial charge in [0.15, 0.2) is 0 Å². The molecule has 0 spiro atoms. The molecular formula is C8H12. The van der Waals surface area contributed by atoms with Crippen LogP contribution in [0.25, 0.3) is 0 Å². The van der Waals surface area contributed by atoms with Crippen LogP contribution in [0, 0.1) is 5.92 Å². The minimum absolute atomic E-state index is 0.690. The molecule has 0 nitrogen and oxygen atoms in total. The molecule has 0 radical (unpaired) electrons. The Morgan fingerprint density at radius 3 is 2.12 bits per heavy atom. The maximum Gasteiger partial charge on any atom is -0.00455 e. The number of allylic oxidation sites excluding steroid dienone is 4. The first-order chi connectivity index (χ1) is 3.70. The first kappa shape index (κ1) is 5.61. The topological polar surface area (TPSA) is 0 Å². The molecule has 0 N–H and O–H groups in total. The Kier molecular flexibility index (Phi) is 1.24. The van der Waals surface area contributed by atoms with Gasteiger partial charge in [0.05, 0.1) is 0 Å². The summed E-state index contributed by atoms with van der Waals surface area (Å²) >= 11 is 0. The van der Waals surface area contributed by atoms with E-state index in [0.717, 1.165) is 0 Å². The van der Waals surface area contributed by atoms with E-state index >= 15 is 0 Å². The molecule has 1 rings (SSSR count). The normalized spacial score (nSPS) is 27.6. The van der Waals surface area contributed by atoms with Crippen LogP contribution in [0.3, 0.4) is 0 Å². The van der Waals surface area contributed by atoms with Crippen molar-refractivity contribution in [2.24, 2.45) is 5.92 Å². The van der Waals surface area contributed by atoms with Crippen molar-refractivity contribution in [3.63, 3.8) is 0 Å². The fourth-order valence-electron chi connectivity index (χ4n) is 1.06. The van der Waals surface area contributed by atoms with E-state index in [1.807, 2.05) is 0 Å². The molecule has 0 saturated heterocycles. The molecule has 0 heterocycles. The lowest BCUT2D eigenvalue weighted by atomic mass is 10.1. The molecule has 44 valence electrons. The van der Waals surface area contributed by atoms with Crippen LogP contribution in [0.5, 0.6) is 0 Å². The summed E-state index contributed by atoms with van der Waals surface area (Å²) in [5, 5.41) is 0. The Hall–Kier alpha value is -0.520. The van der Waals surface area contributed by atoms with E-state index in [-0.39, 0.29) is 0 Å². The van der Waals surface area contributed by atoms with Crippen LogP contribution < -0.4 is 0 Å². The predicted octanol–water partition coefficient (Wildman–Crippen LogP) is 2.53. The molecule has 0 unspecified atom stereocenters. The van der Waals surface area contributed by atoms with Crippen molar-refractivity contribution >= 4 is 0 Å². The molecule has 1 aliphatic rings. The second kappa shape index (κ2) is 1.77. The molecule has 1 aliphatic carbocycles. The molecule has 0 heteroatoms. The monoisotopic (exact) mass is 108 g/mol. The van der Waals surface area contributed by atoms with Gasteiger partial charge >= 0.3 is 0 Å². The molecule has 0 fully saturated rings. The lowest BCUT2D eigenvalue weighted by Crippen LogP contribution is -1.83. The fourth-order valence-corrected chi connectivity index (χ4v) is 1.06. The van der Waals surface area contributed by atoms with Crippen molar-refractivity contribution in [2.45, 2.75) is 20.8 Å². The smallest absolute Gasteiger partial charge is 0.00455 e. The van der Waals surface area contributed by atoms with Gasteiger partial charge in [-0.05, 0) is 19.8 Å². The Morgan fingerprint density at radius 1 is 1.38 bits per heavy atom. The zero-order chi connectivity index (χ0) is 6.15. The van der Waals surface area contributed by atoms with E-state index in [1.165, 1.54) is 11.1 Å². The minimum atomic E-state index is 0.690. The molecule has 0 aromatic heterocycles. The second-order valence-corrected chi connectivity index (χ2v) is 2.59.